The highest BCUT2D eigenvalue weighted by molar-refractivity contribution is 5.88. The number of ether oxygens (including phenoxy) is 2. The highest BCUT2D eigenvalue weighted by Crippen LogP contribution is 2.22. The fourth-order valence-electron chi connectivity index (χ4n) is 3.68. The van der Waals surface area contributed by atoms with E-state index in [9.17, 15) is 9.18 Å². The molecule has 0 aliphatic carbocycles. The van der Waals surface area contributed by atoms with Gasteiger partial charge in [0.15, 0.2) is 5.82 Å². The lowest BCUT2D eigenvalue weighted by Gasteiger charge is -2.28. The number of methoxy groups -OCH3 is 1. The summed E-state index contributed by atoms with van der Waals surface area (Å²) in [5.74, 6) is 1.36. The molecule has 0 saturated carbocycles. The number of nitrogens with one attached hydrogen (secondary N) is 1. The lowest BCUT2D eigenvalue weighted by molar-refractivity contribution is 0.207. The van der Waals surface area contributed by atoms with Gasteiger partial charge < -0.3 is 14.4 Å². The van der Waals surface area contributed by atoms with E-state index < -0.39 is 0 Å². The standard InChI is InChI=1S/C26H27FN4O3/c1-33-25-18-28-24(17-29-25)30-26(32)31-12-9-20(10-13-31)15-21-3-2-4-23(16-21)34-14-11-19-5-7-22(27)8-6-19/h2-8,15-18H,9-14H2,1H3,(H,28,30,32). The van der Waals surface area contributed by atoms with Gasteiger partial charge >= 0.3 is 6.03 Å². The van der Waals surface area contributed by atoms with Crippen molar-refractivity contribution >= 4 is 17.9 Å². The average Bonchev–Trinajstić information content (AvgIpc) is 2.86. The van der Waals surface area contributed by atoms with E-state index in [2.05, 4.69) is 21.4 Å². The van der Waals surface area contributed by atoms with E-state index in [4.69, 9.17) is 9.47 Å². The minimum absolute atomic E-state index is 0.185. The Kier molecular flexibility index (Phi) is 7.70. The van der Waals surface area contributed by atoms with E-state index in [1.54, 1.807) is 17.0 Å². The molecule has 2 heterocycles. The van der Waals surface area contributed by atoms with Crippen molar-refractivity contribution in [2.24, 2.45) is 0 Å². The van der Waals surface area contributed by atoms with Crippen LogP contribution in [0, 0.1) is 5.82 Å². The van der Waals surface area contributed by atoms with Crippen molar-refractivity contribution in [3.05, 3.63) is 83.4 Å². The number of hydrogen-bond acceptors (Lipinski definition) is 5. The molecule has 176 valence electrons. The number of aromatic nitrogens is 2. The molecule has 34 heavy (non-hydrogen) atoms. The number of nitrogens with zero attached hydrogens (tertiary/aromatic N) is 3. The normalized spacial score (nSPS) is 13.4. The van der Waals surface area contributed by atoms with E-state index in [-0.39, 0.29) is 11.8 Å². The maximum absolute atomic E-state index is 13.0. The lowest BCUT2D eigenvalue weighted by atomic mass is 10.0. The number of anilines is 1. The number of likely N-dealkylation sites (tertiary alicyclic amines) is 1. The molecule has 4 rings (SSSR count). The van der Waals surface area contributed by atoms with Crippen LogP contribution in [0.1, 0.15) is 24.0 Å². The van der Waals surface area contributed by atoms with Crippen molar-refractivity contribution in [1.82, 2.24) is 14.9 Å². The van der Waals surface area contributed by atoms with E-state index in [1.807, 2.05) is 24.3 Å². The Bertz CT molecular complexity index is 1120. The van der Waals surface area contributed by atoms with Gasteiger partial charge in [0.25, 0.3) is 0 Å². The molecule has 1 saturated heterocycles. The predicted octanol–water partition coefficient (Wildman–Crippen LogP) is 4.96. The summed E-state index contributed by atoms with van der Waals surface area (Å²) in [6.45, 7) is 1.79. The smallest absolute Gasteiger partial charge is 0.323 e. The van der Waals surface area contributed by atoms with Crippen LogP contribution in [0.3, 0.4) is 0 Å². The fraction of sp³-hybridized carbons (Fsp3) is 0.269. The topological polar surface area (TPSA) is 76.6 Å². The average molecular weight is 463 g/mol. The van der Waals surface area contributed by atoms with Crippen LogP contribution >= 0.6 is 0 Å². The number of urea groups is 1. The summed E-state index contributed by atoms with van der Waals surface area (Å²) < 4.78 is 23.9. The second-order valence-electron chi connectivity index (χ2n) is 7.96. The molecular weight excluding hydrogens is 435 g/mol. The van der Waals surface area contributed by atoms with Gasteiger partial charge in [-0.15, -0.1) is 0 Å². The van der Waals surface area contributed by atoms with Crippen LogP contribution < -0.4 is 14.8 Å². The molecule has 1 aliphatic rings. The molecule has 3 aromatic rings. The van der Waals surface area contributed by atoms with Crippen molar-refractivity contribution in [1.29, 1.82) is 0 Å². The third-order valence-corrected chi connectivity index (χ3v) is 5.57. The van der Waals surface area contributed by atoms with Crippen molar-refractivity contribution in [2.45, 2.75) is 19.3 Å². The summed E-state index contributed by atoms with van der Waals surface area (Å²) in [5.41, 5.74) is 3.40. The van der Waals surface area contributed by atoms with Gasteiger partial charge in [0.1, 0.15) is 11.6 Å². The van der Waals surface area contributed by atoms with Gasteiger partial charge in [-0.2, -0.15) is 0 Å². The molecule has 1 aliphatic heterocycles. The second-order valence-corrected chi connectivity index (χ2v) is 7.96. The summed E-state index contributed by atoms with van der Waals surface area (Å²) in [7, 11) is 1.51. The Morgan fingerprint density at radius 1 is 1.12 bits per heavy atom. The summed E-state index contributed by atoms with van der Waals surface area (Å²) in [6, 6.07) is 14.2. The third kappa shape index (κ3) is 6.54. The molecule has 1 fully saturated rings. The maximum atomic E-state index is 13.0. The van der Waals surface area contributed by atoms with Crippen LogP contribution in [0.4, 0.5) is 15.0 Å². The molecule has 0 bridgehead atoms. The largest absolute Gasteiger partial charge is 0.493 e. The van der Waals surface area contributed by atoms with E-state index >= 15 is 0 Å². The Balaban J connectivity index is 1.26. The summed E-state index contributed by atoms with van der Waals surface area (Å²) >= 11 is 0. The highest BCUT2D eigenvalue weighted by Gasteiger charge is 2.19. The third-order valence-electron chi connectivity index (χ3n) is 5.57. The molecule has 0 radical (unpaired) electrons. The predicted molar refractivity (Wildman–Crippen MR) is 128 cm³/mol. The zero-order valence-electron chi connectivity index (χ0n) is 19.0. The first-order valence-electron chi connectivity index (χ1n) is 11.2. The molecule has 0 spiro atoms. The number of carbonyl (C=O) groups excluding carboxylic acids is 1. The van der Waals surface area contributed by atoms with Gasteiger partial charge in [0.05, 0.1) is 26.1 Å². The van der Waals surface area contributed by atoms with Crippen molar-refractivity contribution in [3.8, 4) is 11.6 Å². The Morgan fingerprint density at radius 2 is 1.91 bits per heavy atom. The van der Waals surface area contributed by atoms with Gasteiger partial charge in [0.2, 0.25) is 5.88 Å². The molecule has 0 atom stereocenters. The van der Waals surface area contributed by atoms with Crippen LogP contribution in [0.25, 0.3) is 6.08 Å². The van der Waals surface area contributed by atoms with Gasteiger partial charge in [-0.3, -0.25) is 5.32 Å². The number of halogens is 1. The Hall–Kier alpha value is -3.94. The number of carbonyl (C=O) groups is 1. The minimum Gasteiger partial charge on any atom is -0.493 e. The van der Waals surface area contributed by atoms with Gasteiger partial charge in [0, 0.05) is 19.5 Å². The van der Waals surface area contributed by atoms with E-state index in [1.165, 1.54) is 37.2 Å². The number of rotatable bonds is 7. The van der Waals surface area contributed by atoms with Crippen LogP contribution in [0.15, 0.2) is 66.5 Å². The van der Waals surface area contributed by atoms with Crippen LogP contribution in [0.2, 0.25) is 0 Å². The Labute approximate surface area is 198 Å². The number of benzene rings is 2. The van der Waals surface area contributed by atoms with Gasteiger partial charge in [-0.1, -0.05) is 35.9 Å². The molecule has 2 amide bonds. The van der Waals surface area contributed by atoms with Gasteiger partial charge in [-0.25, -0.2) is 19.2 Å². The molecular formula is C26H27FN4O3. The van der Waals surface area contributed by atoms with Crippen LogP contribution in [-0.2, 0) is 6.42 Å². The van der Waals surface area contributed by atoms with Crippen molar-refractivity contribution in [2.75, 3.05) is 32.1 Å². The first-order chi connectivity index (χ1) is 16.6. The zero-order chi connectivity index (χ0) is 23.8. The second kappa shape index (κ2) is 11.3. The first kappa shape index (κ1) is 23.2. The summed E-state index contributed by atoms with van der Waals surface area (Å²) in [6.07, 6.45) is 7.42. The van der Waals surface area contributed by atoms with Crippen LogP contribution in [0.5, 0.6) is 11.6 Å². The quantitative estimate of drug-likeness (QED) is 0.537. The monoisotopic (exact) mass is 462 g/mol. The molecule has 1 aromatic heterocycles. The number of amides is 2. The zero-order valence-corrected chi connectivity index (χ0v) is 19.0. The van der Waals surface area contributed by atoms with Crippen LogP contribution in [-0.4, -0.2) is 47.7 Å². The molecule has 8 heteroatoms. The minimum atomic E-state index is -0.233. The number of piperidine rings is 1. The molecule has 7 nitrogen and oxygen atoms in total. The summed E-state index contributed by atoms with van der Waals surface area (Å²) in [4.78, 5) is 22.5. The fourth-order valence-corrected chi connectivity index (χ4v) is 3.68. The summed E-state index contributed by atoms with van der Waals surface area (Å²) in [5, 5.41) is 2.77. The highest BCUT2D eigenvalue weighted by atomic mass is 19.1. The van der Waals surface area contributed by atoms with Crippen molar-refractivity contribution < 1.29 is 18.7 Å². The molecule has 1 N–H and O–H groups in total. The maximum Gasteiger partial charge on any atom is 0.323 e. The molecule has 0 unspecified atom stereocenters. The lowest BCUT2D eigenvalue weighted by Crippen LogP contribution is -2.39. The van der Waals surface area contributed by atoms with E-state index in [0.717, 1.165) is 29.7 Å². The molecule has 2 aromatic carbocycles. The van der Waals surface area contributed by atoms with Crippen molar-refractivity contribution in [3.63, 3.8) is 0 Å². The van der Waals surface area contributed by atoms with E-state index in [0.29, 0.717) is 37.8 Å². The van der Waals surface area contributed by atoms with Gasteiger partial charge in [-0.05, 0) is 48.2 Å². The SMILES string of the molecule is COc1cnc(NC(=O)N2CCC(=Cc3cccc(OCCc4ccc(F)cc4)c3)CC2)cn1. The number of hydrogen-bond donors (Lipinski definition) is 1. The Morgan fingerprint density at radius 3 is 2.62 bits per heavy atom. The first-order valence-corrected chi connectivity index (χ1v) is 11.2.